The van der Waals surface area contributed by atoms with Crippen molar-refractivity contribution in [2.75, 3.05) is 5.73 Å². The van der Waals surface area contributed by atoms with Crippen molar-refractivity contribution in [1.82, 2.24) is 30.7 Å². The first-order valence-electron chi connectivity index (χ1n) is 7.12. The normalized spacial score (nSPS) is 11.5. The van der Waals surface area contributed by atoms with Crippen LogP contribution in [-0.2, 0) is 0 Å². The van der Waals surface area contributed by atoms with Crippen molar-refractivity contribution >= 4 is 17.4 Å². The summed E-state index contributed by atoms with van der Waals surface area (Å²) in [6.45, 7) is 3.33. The van der Waals surface area contributed by atoms with Crippen molar-refractivity contribution in [1.29, 1.82) is 0 Å². The minimum absolute atomic E-state index is 0.0253. The van der Waals surface area contributed by atoms with E-state index >= 15 is 0 Å². The third kappa shape index (κ3) is 3.15. The molecule has 0 aliphatic rings. The summed E-state index contributed by atoms with van der Waals surface area (Å²) >= 11 is 0. The van der Waals surface area contributed by atoms with Gasteiger partial charge in [-0.3, -0.25) is 4.79 Å². The van der Waals surface area contributed by atoms with Gasteiger partial charge in [-0.25, -0.2) is 10.1 Å². The Bertz CT molecular complexity index is 941. The predicted molar refractivity (Wildman–Crippen MR) is 86.1 cm³/mol. The molecular formula is C14H14N8O3. The highest BCUT2D eigenvalue weighted by Crippen LogP contribution is 2.15. The third-order valence-electron chi connectivity index (χ3n) is 3.36. The molecule has 0 aliphatic heterocycles. The summed E-state index contributed by atoms with van der Waals surface area (Å²) in [5, 5.41) is 28.1. The van der Waals surface area contributed by atoms with Crippen molar-refractivity contribution in [2.24, 2.45) is 5.10 Å². The molecule has 3 aromatic rings. The van der Waals surface area contributed by atoms with E-state index in [0.29, 0.717) is 11.4 Å². The molecule has 0 aliphatic carbocycles. The van der Waals surface area contributed by atoms with Crippen molar-refractivity contribution in [2.45, 2.75) is 13.8 Å². The Morgan fingerprint density at radius 1 is 1.32 bits per heavy atom. The number of phenols is 1. The summed E-state index contributed by atoms with van der Waals surface area (Å²) < 4.78 is 5.64. The minimum atomic E-state index is -0.553. The summed E-state index contributed by atoms with van der Waals surface area (Å²) in [7, 11) is 0. The molecule has 2 aromatic heterocycles. The lowest BCUT2D eigenvalue weighted by atomic mass is 10.1. The van der Waals surface area contributed by atoms with Crippen LogP contribution in [0, 0.1) is 6.92 Å². The highest BCUT2D eigenvalue weighted by atomic mass is 16.6. The van der Waals surface area contributed by atoms with Crippen LogP contribution in [-0.4, -0.2) is 42.0 Å². The summed E-state index contributed by atoms with van der Waals surface area (Å²) in [6, 6.07) is 6.41. The number of hydrogen-bond acceptors (Lipinski definition) is 9. The lowest BCUT2D eigenvalue weighted by molar-refractivity contribution is 0.0946. The first kappa shape index (κ1) is 16.1. The van der Waals surface area contributed by atoms with Gasteiger partial charge in [0, 0.05) is 0 Å². The van der Waals surface area contributed by atoms with Gasteiger partial charge in [-0.2, -0.15) is 9.78 Å². The lowest BCUT2D eigenvalue weighted by Crippen LogP contribution is -2.23. The van der Waals surface area contributed by atoms with Crippen molar-refractivity contribution in [3.63, 3.8) is 0 Å². The van der Waals surface area contributed by atoms with Gasteiger partial charge >= 0.3 is 0 Å². The van der Waals surface area contributed by atoms with E-state index in [-0.39, 0.29) is 23.1 Å². The average Bonchev–Trinajstić information content (AvgIpc) is 3.18. The highest BCUT2D eigenvalue weighted by Gasteiger charge is 2.22. The lowest BCUT2D eigenvalue weighted by Gasteiger charge is -2.05. The summed E-state index contributed by atoms with van der Waals surface area (Å²) in [5.74, 6) is -0.374. The Labute approximate surface area is 141 Å². The maximum absolute atomic E-state index is 12.5. The molecule has 0 saturated heterocycles. The summed E-state index contributed by atoms with van der Waals surface area (Å²) in [5.41, 5.74) is 9.80. The molecule has 128 valence electrons. The number of anilines is 1. The molecule has 0 unspecified atom stereocenters. The van der Waals surface area contributed by atoms with Gasteiger partial charge in [0.2, 0.25) is 11.6 Å². The molecule has 0 bridgehead atoms. The Morgan fingerprint density at radius 3 is 2.68 bits per heavy atom. The van der Waals surface area contributed by atoms with E-state index in [2.05, 4.69) is 35.8 Å². The number of aromatic hydroxyl groups is 1. The largest absolute Gasteiger partial charge is 0.508 e. The minimum Gasteiger partial charge on any atom is -0.508 e. The van der Waals surface area contributed by atoms with Crippen molar-refractivity contribution in [3.8, 4) is 11.6 Å². The fourth-order valence-electron chi connectivity index (χ4n) is 2.06. The number of benzene rings is 1. The van der Waals surface area contributed by atoms with E-state index in [1.54, 1.807) is 26.0 Å². The van der Waals surface area contributed by atoms with Gasteiger partial charge in [-0.1, -0.05) is 5.21 Å². The molecule has 25 heavy (non-hydrogen) atoms. The molecular weight excluding hydrogens is 328 g/mol. The zero-order valence-electron chi connectivity index (χ0n) is 13.3. The van der Waals surface area contributed by atoms with Crippen LogP contribution in [0.1, 0.15) is 28.7 Å². The maximum Gasteiger partial charge on any atom is 0.292 e. The Balaban J connectivity index is 1.85. The maximum atomic E-state index is 12.5. The molecule has 0 atom stereocenters. The van der Waals surface area contributed by atoms with Gasteiger partial charge in [0.15, 0.2) is 5.69 Å². The molecule has 0 saturated carbocycles. The number of amides is 1. The first-order chi connectivity index (χ1) is 12.0. The number of aryl methyl sites for hydroxylation is 1. The Kier molecular flexibility index (Phi) is 4.12. The zero-order chi connectivity index (χ0) is 18.0. The van der Waals surface area contributed by atoms with Crippen LogP contribution in [0.5, 0.6) is 5.75 Å². The molecule has 4 N–H and O–H groups in total. The molecule has 0 spiro atoms. The second kappa shape index (κ2) is 6.39. The van der Waals surface area contributed by atoms with E-state index in [0.717, 1.165) is 10.2 Å². The number of nitrogens with one attached hydrogen (secondary N) is 1. The van der Waals surface area contributed by atoms with E-state index in [1.165, 1.54) is 12.1 Å². The van der Waals surface area contributed by atoms with Crippen LogP contribution in [0.25, 0.3) is 5.82 Å². The monoisotopic (exact) mass is 342 g/mol. The quantitative estimate of drug-likeness (QED) is 0.454. The number of hydrogen-bond donors (Lipinski definition) is 3. The van der Waals surface area contributed by atoms with Gasteiger partial charge in [0.1, 0.15) is 5.75 Å². The summed E-state index contributed by atoms with van der Waals surface area (Å²) in [6.07, 6.45) is 0. The highest BCUT2D eigenvalue weighted by molar-refractivity contribution is 6.00. The van der Waals surface area contributed by atoms with Crippen molar-refractivity contribution in [3.05, 3.63) is 41.2 Å². The topological polar surface area (TPSA) is 157 Å². The molecule has 1 amide bonds. The smallest absolute Gasteiger partial charge is 0.292 e. The molecule has 11 heteroatoms. The van der Waals surface area contributed by atoms with E-state index in [1.807, 2.05) is 0 Å². The van der Waals surface area contributed by atoms with E-state index < -0.39 is 5.91 Å². The number of hydrazone groups is 1. The van der Waals surface area contributed by atoms with Crippen molar-refractivity contribution < 1.29 is 14.5 Å². The number of aromatic nitrogens is 5. The fraction of sp³-hybridized carbons (Fsp3) is 0.143. The van der Waals surface area contributed by atoms with E-state index in [9.17, 15) is 9.90 Å². The van der Waals surface area contributed by atoms with Crippen LogP contribution in [0.3, 0.4) is 0 Å². The number of phenolic OH excluding ortho intramolecular Hbond substituents is 1. The average molecular weight is 342 g/mol. The van der Waals surface area contributed by atoms with Gasteiger partial charge < -0.3 is 10.8 Å². The van der Waals surface area contributed by atoms with Gasteiger partial charge in [-0.15, -0.1) is 5.10 Å². The SMILES string of the molecule is C/C(=N/NC(=O)c1c(C)nnn1-c1nonc1N)c1ccc(O)cc1. The third-order valence-corrected chi connectivity index (χ3v) is 3.36. The zero-order valence-corrected chi connectivity index (χ0v) is 13.3. The van der Waals surface area contributed by atoms with Gasteiger partial charge in [0.05, 0.1) is 11.4 Å². The number of nitrogens with zero attached hydrogens (tertiary/aromatic N) is 6. The molecule has 2 heterocycles. The van der Waals surface area contributed by atoms with E-state index in [4.69, 9.17) is 5.73 Å². The number of nitrogen functional groups attached to an aromatic ring is 1. The number of nitrogens with two attached hydrogens (primary N) is 1. The second-order valence-electron chi connectivity index (χ2n) is 5.09. The standard InChI is InChI=1S/C14H14N8O3/c1-7(9-3-5-10(23)6-4-9)16-18-14(24)11-8(2)17-21-22(11)13-12(15)19-25-20-13/h3-6,23H,1-2H3,(H2,15,19)(H,18,24)/b16-7-. The van der Waals surface area contributed by atoms with Gasteiger partial charge in [0.25, 0.3) is 5.91 Å². The van der Waals surface area contributed by atoms with Crippen LogP contribution in [0.15, 0.2) is 34.0 Å². The van der Waals surface area contributed by atoms with Gasteiger partial charge in [-0.05, 0) is 54.0 Å². The predicted octanol–water partition coefficient (Wildman–Crippen LogP) is 0.401. The number of rotatable bonds is 4. The first-order valence-corrected chi connectivity index (χ1v) is 7.12. The number of carbonyl (C=O) groups is 1. The molecule has 11 nitrogen and oxygen atoms in total. The molecule has 3 rings (SSSR count). The van der Waals surface area contributed by atoms with Crippen LogP contribution >= 0.6 is 0 Å². The molecule has 0 radical (unpaired) electrons. The summed E-state index contributed by atoms with van der Waals surface area (Å²) in [4.78, 5) is 12.5. The number of carbonyl (C=O) groups excluding carboxylic acids is 1. The fourth-order valence-corrected chi connectivity index (χ4v) is 2.06. The van der Waals surface area contributed by atoms with Crippen LogP contribution < -0.4 is 11.2 Å². The van der Waals surface area contributed by atoms with Crippen LogP contribution in [0.2, 0.25) is 0 Å². The van der Waals surface area contributed by atoms with Crippen LogP contribution in [0.4, 0.5) is 5.82 Å². The molecule has 0 fully saturated rings. The Morgan fingerprint density at radius 2 is 2.04 bits per heavy atom. The second-order valence-corrected chi connectivity index (χ2v) is 5.09. The Hall–Kier alpha value is -3.76. The molecule has 1 aromatic carbocycles.